The highest BCUT2D eigenvalue weighted by molar-refractivity contribution is 8.00. The van der Waals surface area contributed by atoms with Crippen LogP contribution in [0.4, 0.5) is 11.8 Å². The van der Waals surface area contributed by atoms with E-state index in [0.717, 1.165) is 41.5 Å². The van der Waals surface area contributed by atoms with Crippen LogP contribution in [0.25, 0.3) is 10.9 Å². The van der Waals surface area contributed by atoms with Gasteiger partial charge in [-0.2, -0.15) is 16.7 Å². The molecule has 3 rings (SSSR count). The van der Waals surface area contributed by atoms with Gasteiger partial charge in [0.2, 0.25) is 5.95 Å². The molecule has 0 amide bonds. The molecule has 112 valence electrons. The van der Waals surface area contributed by atoms with Gasteiger partial charge in [0.05, 0.1) is 5.52 Å². The maximum absolute atomic E-state index is 4.79. The Morgan fingerprint density at radius 1 is 1.29 bits per heavy atom. The molecule has 21 heavy (non-hydrogen) atoms. The van der Waals surface area contributed by atoms with Gasteiger partial charge in [-0.15, -0.1) is 0 Å². The van der Waals surface area contributed by atoms with Gasteiger partial charge in [-0.05, 0) is 26.0 Å². The Balaban J connectivity index is 2.10. The quantitative estimate of drug-likeness (QED) is 0.941. The van der Waals surface area contributed by atoms with Gasteiger partial charge in [0.25, 0.3) is 0 Å². The lowest BCUT2D eigenvalue weighted by Crippen LogP contribution is -2.45. The lowest BCUT2D eigenvalue weighted by Gasteiger charge is -2.38. The normalized spacial score (nSPS) is 22.5. The monoisotopic (exact) mass is 302 g/mol. The lowest BCUT2D eigenvalue weighted by atomic mass is 10.1. The minimum absolute atomic E-state index is 0.483. The second kappa shape index (κ2) is 6.10. The molecule has 0 saturated carbocycles. The van der Waals surface area contributed by atoms with E-state index in [9.17, 15) is 0 Å². The molecule has 1 aliphatic heterocycles. The Kier molecular flexibility index (Phi) is 4.19. The highest BCUT2D eigenvalue weighted by atomic mass is 32.2. The fourth-order valence-corrected chi connectivity index (χ4v) is 3.85. The van der Waals surface area contributed by atoms with Gasteiger partial charge in [0.15, 0.2) is 0 Å². The highest BCUT2D eigenvalue weighted by Crippen LogP contribution is 2.32. The third-order valence-corrected chi connectivity index (χ3v) is 5.41. The van der Waals surface area contributed by atoms with Crippen molar-refractivity contribution in [2.24, 2.45) is 0 Å². The van der Waals surface area contributed by atoms with Crippen molar-refractivity contribution in [2.75, 3.05) is 29.1 Å². The minimum Gasteiger partial charge on any atom is -0.354 e. The number of thioether (sulfide) groups is 1. The summed E-state index contributed by atoms with van der Waals surface area (Å²) in [5, 5.41) is 5.02. The Bertz CT molecular complexity index is 631. The summed E-state index contributed by atoms with van der Waals surface area (Å²) in [6.07, 6.45) is 0. The van der Waals surface area contributed by atoms with Crippen LogP contribution in [-0.4, -0.2) is 40.1 Å². The first-order valence-electron chi connectivity index (χ1n) is 7.59. The largest absolute Gasteiger partial charge is 0.354 e. The number of rotatable bonds is 3. The van der Waals surface area contributed by atoms with Crippen LogP contribution < -0.4 is 10.2 Å². The van der Waals surface area contributed by atoms with Crippen molar-refractivity contribution >= 4 is 34.4 Å². The average molecular weight is 302 g/mol. The van der Waals surface area contributed by atoms with E-state index < -0.39 is 0 Å². The average Bonchev–Trinajstić information content (AvgIpc) is 2.50. The SMILES string of the molecule is CCNc1nc(N2CCSC(C)C2C)c2ccccc2n1. The number of hydrogen-bond acceptors (Lipinski definition) is 5. The molecule has 0 radical (unpaired) electrons. The molecule has 2 unspecified atom stereocenters. The van der Waals surface area contributed by atoms with Crippen LogP contribution >= 0.6 is 11.8 Å². The number of nitrogens with zero attached hydrogens (tertiary/aromatic N) is 3. The summed E-state index contributed by atoms with van der Waals surface area (Å²) in [7, 11) is 0. The van der Waals surface area contributed by atoms with E-state index in [4.69, 9.17) is 4.98 Å². The molecule has 2 aromatic rings. The zero-order valence-corrected chi connectivity index (χ0v) is 13.7. The Hall–Kier alpha value is -1.49. The van der Waals surface area contributed by atoms with Gasteiger partial charge in [-0.1, -0.05) is 19.1 Å². The van der Waals surface area contributed by atoms with Gasteiger partial charge in [0.1, 0.15) is 5.82 Å². The van der Waals surface area contributed by atoms with Crippen LogP contribution in [0.1, 0.15) is 20.8 Å². The number of hydrogen-bond donors (Lipinski definition) is 1. The Labute approximate surface area is 130 Å². The van der Waals surface area contributed by atoms with E-state index in [1.807, 2.05) is 17.8 Å². The Morgan fingerprint density at radius 2 is 2.10 bits per heavy atom. The van der Waals surface area contributed by atoms with Crippen molar-refractivity contribution in [1.29, 1.82) is 0 Å². The van der Waals surface area contributed by atoms with E-state index in [1.54, 1.807) is 0 Å². The molecule has 2 atom stereocenters. The molecule has 1 saturated heterocycles. The summed E-state index contributed by atoms with van der Waals surface area (Å²) in [6, 6.07) is 8.77. The number of benzene rings is 1. The lowest BCUT2D eigenvalue weighted by molar-refractivity contribution is 0.622. The van der Waals surface area contributed by atoms with Crippen LogP contribution in [0.3, 0.4) is 0 Å². The first kappa shape index (κ1) is 14.4. The Morgan fingerprint density at radius 3 is 2.90 bits per heavy atom. The zero-order valence-electron chi connectivity index (χ0n) is 12.8. The van der Waals surface area contributed by atoms with Gasteiger partial charge in [0, 0.05) is 35.5 Å². The molecule has 5 heteroatoms. The molecule has 1 aromatic heterocycles. The van der Waals surface area contributed by atoms with Crippen molar-refractivity contribution in [2.45, 2.75) is 32.1 Å². The number of nitrogens with one attached hydrogen (secondary N) is 1. The summed E-state index contributed by atoms with van der Waals surface area (Å²) >= 11 is 2.04. The van der Waals surface area contributed by atoms with Crippen molar-refractivity contribution in [3.63, 3.8) is 0 Å². The molecule has 1 fully saturated rings. The van der Waals surface area contributed by atoms with Crippen LogP contribution in [0.15, 0.2) is 24.3 Å². The molecule has 1 aliphatic rings. The smallest absolute Gasteiger partial charge is 0.225 e. The zero-order chi connectivity index (χ0) is 14.8. The second-order valence-electron chi connectivity index (χ2n) is 5.43. The standard InChI is InChI=1S/C16H22N4S/c1-4-17-16-18-14-8-6-5-7-13(14)15(19-16)20-9-10-21-12(3)11(20)2/h5-8,11-12H,4,9-10H2,1-3H3,(H,17,18,19). The third kappa shape index (κ3) is 2.79. The van der Waals surface area contributed by atoms with Gasteiger partial charge < -0.3 is 10.2 Å². The summed E-state index contributed by atoms with van der Waals surface area (Å²) in [5.41, 5.74) is 1.01. The van der Waals surface area contributed by atoms with E-state index >= 15 is 0 Å². The van der Waals surface area contributed by atoms with Gasteiger partial charge in [-0.25, -0.2) is 4.98 Å². The van der Waals surface area contributed by atoms with Crippen LogP contribution in [0.5, 0.6) is 0 Å². The highest BCUT2D eigenvalue weighted by Gasteiger charge is 2.27. The number of para-hydroxylation sites is 1. The molecule has 1 aromatic carbocycles. The summed E-state index contributed by atoms with van der Waals surface area (Å²) in [5.74, 6) is 2.95. The number of anilines is 2. The summed E-state index contributed by atoms with van der Waals surface area (Å²) < 4.78 is 0. The first-order valence-corrected chi connectivity index (χ1v) is 8.64. The molecular weight excluding hydrogens is 280 g/mol. The van der Waals surface area contributed by atoms with Gasteiger partial charge in [-0.3, -0.25) is 0 Å². The first-order chi connectivity index (χ1) is 10.2. The fraction of sp³-hybridized carbons (Fsp3) is 0.500. The van der Waals surface area contributed by atoms with E-state index in [0.29, 0.717) is 11.3 Å². The predicted octanol–water partition coefficient (Wildman–Crippen LogP) is 3.39. The molecular formula is C16H22N4S. The number of fused-ring (bicyclic) bond motifs is 1. The van der Waals surface area contributed by atoms with E-state index in [-0.39, 0.29) is 0 Å². The molecule has 2 heterocycles. The maximum atomic E-state index is 4.79. The molecule has 0 spiro atoms. The van der Waals surface area contributed by atoms with Crippen LogP contribution in [-0.2, 0) is 0 Å². The third-order valence-electron chi connectivity index (χ3n) is 4.07. The van der Waals surface area contributed by atoms with Crippen LogP contribution in [0.2, 0.25) is 0 Å². The predicted molar refractivity (Wildman–Crippen MR) is 92.4 cm³/mol. The van der Waals surface area contributed by atoms with Crippen molar-refractivity contribution in [1.82, 2.24) is 9.97 Å². The van der Waals surface area contributed by atoms with Crippen molar-refractivity contribution < 1.29 is 0 Å². The number of aromatic nitrogens is 2. The van der Waals surface area contributed by atoms with Crippen molar-refractivity contribution in [3.05, 3.63) is 24.3 Å². The van der Waals surface area contributed by atoms with E-state index in [1.165, 1.54) is 0 Å². The molecule has 0 aliphatic carbocycles. The maximum Gasteiger partial charge on any atom is 0.225 e. The minimum atomic E-state index is 0.483. The summed E-state index contributed by atoms with van der Waals surface area (Å²) in [6.45, 7) is 8.54. The molecule has 0 bridgehead atoms. The van der Waals surface area contributed by atoms with Gasteiger partial charge >= 0.3 is 0 Å². The second-order valence-corrected chi connectivity index (χ2v) is 6.91. The molecule has 1 N–H and O–H groups in total. The van der Waals surface area contributed by atoms with E-state index in [2.05, 4.69) is 54.2 Å². The molecule has 4 nitrogen and oxygen atoms in total. The fourth-order valence-electron chi connectivity index (χ4n) is 2.75. The van der Waals surface area contributed by atoms with Crippen molar-refractivity contribution in [3.8, 4) is 0 Å². The van der Waals surface area contributed by atoms with Crippen LogP contribution in [0, 0.1) is 0 Å². The summed E-state index contributed by atoms with van der Waals surface area (Å²) in [4.78, 5) is 11.8. The topological polar surface area (TPSA) is 41.1 Å².